The first-order chi connectivity index (χ1) is 9.95. The average molecular weight is 313 g/mol. The van der Waals surface area contributed by atoms with Crippen molar-refractivity contribution in [3.05, 3.63) is 29.8 Å². The highest BCUT2D eigenvalue weighted by molar-refractivity contribution is 7.90. The van der Waals surface area contributed by atoms with E-state index in [2.05, 4.69) is 5.32 Å². The molecule has 1 rings (SSSR count). The Morgan fingerprint density at radius 1 is 1.19 bits per heavy atom. The third kappa shape index (κ3) is 6.59. The molecule has 0 radical (unpaired) electrons. The van der Waals surface area contributed by atoms with Crippen LogP contribution < -0.4 is 15.8 Å². The smallest absolute Gasteiger partial charge is 0.328 e. The van der Waals surface area contributed by atoms with Crippen LogP contribution in [0, 0.1) is 6.92 Å². The summed E-state index contributed by atoms with van der Waals surface area (Å²) in [4.78, 5) is 11.7. The van der Waals surface area contributed by atoms with Crippen LogP contribution in [0.25, 0.3) is 0 Å². The molecule has 0 fully saturated rings. The van der Waals surface area contributed by atoms with Crippen LogP contribution in [0.4, 0.5) is 4.79 Å². The van der Waals surface area contributed by atoms with E-state index in [0.717, 1.165) is 31.2 Å². The molecule has 0 aromatic heterocycles. The highest BCUT2D eigenvalue weighted by atomic mass is 32.2. The predicted octanol–water partition coefficient (Wildman–Crippen LogP) is 1.50. The molecule has 0 spiro atoms. The summed E-state index contributed by atoms with van der Waals surface area (Å²) < 4.78 is 26.0. The zero-order valence-corrected chi connectivity index (χ0v) is 13.1. The summed E-state index contributed by atoms with van der Waals surface area (Å²) in [5.74, 6) is 0. The Bertz CT molecular complexity index is 558. The van der Waals surface area contributed by atoms with Gasteiger partial charge in [-0.15, -0.1) is 0 Å². The number of hydrogen-bond donors (Lipinski definition) is 3. The number of nitrogens with one attached hydrogen (secondary N) is 2. The monoisotopic (exact) mass is 313 g/mol. The summed E-state index contributed by atoms with van der Waals surface area (Å²) in [7, 11) is -3.81. The average Bonchev–Trinajstić information content (AvgIpc) is 2.42. The minimum Gasteiger partial charge on any atom is -0.337 e. The summed E-state index contributed by atoms with van der Waals surface area (Å²) in [6.45, 7) is 2.91. The van der Waals surface area contributed by atoms with Gasteiger partial charge in [0.2, 0.25) is 0 Å². The van der Waals surface area contributed by atoms with Crippen molar-refractivity contribution in [2.75, 3.05) is 13.1 Å². The second-order valence-electron chi connectivity index (χ2n) is 4.88. The van der Waals surface area contributed by atoms with Gasteiger partial charge < -0.3 is 11.1 Å². The Hall–Kier alpha value is -1.60. The highest BCUT2D eigenvalue weighted by Crippen LogP contribution is 2.10. The van der Waals surface area contributed by atoms with E-state index in [1.807, 2.05) is 4.72 Å². The van der Waals surface area contributed by atoms with Gasteiger partial charge in [0.25, 0.3) is 10.0 Å². The molecule has 6 nitrogen and oxygen atoms in total. The van der Waals surface area contributed by atoms with Gasteiger partial charge in [0, 0.05) is 6.54 Å². The maximum atomic E-state index is 12.0. The van der Waals surface area contributed by atoms with Gasteiger partial charge in [0.1, 0.15) is 0 Å². The minimum absolute atomic E-state index is 0.0839. The van der Waals surface area contributed by atoms with Gasteiger partial charge in [-0.1, -0.05) is 25.0 Å². The molecule has 0 aliphatic carbocycles. The fourth-order valence-corrected chi connectivity index (χ4v) is 2.86. The number of rotatable bonds is 8. The lowest BCUT2D eigenvalue weighted by Gasteiger charge is -2.09. The van der Waals surface area contributed by atoms with E-state index >= 15 is 0 Å². The van der Waals surface area contributed by atoms with Gasteiger partial charge >= 0.3 is 6.03 Å². The predicted molar refractivity (Wildman–Crippen MR) is 82.4 cm³/mol. The van der Waals surface area contributed by atoms with Crippen molar-refractivity contribution in [2.45, 2.75) is 37.5 Å². The largest absolute Gasteiger partial charge is 0.337 e. The van der Waals surface area contributed by atoms with Crippen molar-refractivity contribution in [2.24, 2.45) is 5.73 Å². The molecule has 0 heterocycles. The number of unbranched alkanes of at least 4 members (excludes halogenated alkanes) is 3. The first-order valence-electron chi connectivity index (χ1n) is 7.03. The third-order valence-electron chi connectivity index (χ3n) is 2.94. The second kappa shape index (κ2) is 8.63. The normalized spacial score (nSPS) is 11.1. The molecular weight excluding hydrogens is 290 g/mol. The number of hydrogen-bond acceptors (Lipinski definition) is 4. The van der Waals surface area contributed by atoms with Crippen LogP contribution in [0.1, 0.15) is 31.2 Å². The summed E-state index contributed by atoms with van der Waals surface area (Å²) in [6, 6.07) is 5.70. The fraction of sp³-hybridized carbons (Fsp3) is 0.500. The third-order valence-corrected chi connectivity index (χ3v) is 4.27. The van der Waals surface area contributed by atoms with Gasteiger partial charge in [0.05, 0.1) is 4.90 Å². The molecular formula is C14H23N3O3S. The molecule has 0 saturated carbocycles. The van der Waals surface area contributed by atoms with E-state index in [4.69, 9.17) is 5.73 Å². The standard InChI is InChI=1S/C14H23N3O3S/c1-12-7-6-8-13(11-12)21(19,20)17-14(18)16-10-5-3-2-4-9-15/h6-8,11H,2-5,9-10,15H2,1H3,(H2,16,17,18). The molecule has 0 aliphatic rings. The molecule has 1 aromatic rings. The summed E-state index contributed by atoms with van der Waals surface area (Å²) in [5, 5.41) is 2.54. The Morgan fingerprint density at radius 3 is 2.57 bits per heavy atom. The lowest BCUT2D eigenvalue weighted by Crippen LogP contribution is -2.39. The molecule has 7 heteroatoms. The summed E-state index contributed by atoms with van der Waals surface area (Å²) in [6.07, 6.45) is 3.75. The van der Waals surface area contributed by atoms with Crippen molar-refractivity contribution in [1.29, 1.82) is 0 Å². The number of benzene rings is 1. The maximum absolute atomic E-state index is 12.0. The quantitative estimate of drug-likeness (QED) is 0.633. The van der Waals surface area contributed by atoms with E-state index in [1.165, 1.54) is 12.1 Å². The zero-order chi connectivity index (χ0) is 15.7. The van der Waals surface area contributed by atoms with Crippen LogP contribution in [-0.4, -0.2) is 27.5 Å². The van der Waals surface area contributed by atoms with E-state index in [9.17, 15) is 13.2 Å². The van der Waals surface area contributed by atoms with E-state index in [1.54, 1.807) is 19.1 Å². The van der Waals surface area contributed by atoms with Crippen LogP contribution >= 0.6 is 0 Å². The number of carbonyl (C=O) groups is 1. The van der Waals surface area contributed by atoms with Crippen molar-refractivity contribution < 1.29 is 13.2 Å². The summed E-state index contributed by atoms with van der Waals surface area (Å²) in [5.41, 5.74) is 6.20. The van der Waals surface area contributed by atoms with Crippen LogP contribution in [0.2, 0.25) is 0 Å². The molecule has 0 unspecified atom stereocenters. The van der Waals surface area contributed by atoms with E-state index < -0.39 is 16.1 Å². The van der Waals surface area contributed by atoms with Crippen molar-refractivity contribution in [1.82, 2.24) is 10.0 Å². The molecule has 118 valence electrons. The van der Waals surface area contributed by atoms with Crippen LogP contribution in [0.5, 0.6) is 0 Å². The van der Waals surface area contributed by atoms with E-state index in [0.29, 0.717) is 13.1 Å². The number of amides is 2. The topological polar surface area (TPSA) is 101 Å². The van der Waals surface area contributed by atoms with Gasteiger partial charge in [-0.2, -0.15) is 0 Å². The van der Waals surface area contributed by atoms with Crippen LogP contribution in [-0.2, 0) is 10.0 Å². The SMILES string of the molecule is Cc1cccc(S(=O)(=O)NC(=O)NCCCCCCN)c1. The van der Waals surface area contributed by atoms with Crippen molar-refractivity contribution in [3.8, 4) is 0 Å². The highest BCUT2D eigenvalue weighted by Gasteiger charge is 2.16. The second-order valence-corrected chi connectivity index (χ2v) is 6.56. The maximum Gasteiger partial charge on any atom is 0.328 e. The Morgan fingerprint density at radius 2 is 1.90 bits per heavy atom. The molecule has 1 aromatic carbocycles. The van der Waals surface area contributed by atoms with E-state index in [-0.39, 0.29) is 4.90 Å². The van der Waals surface area contributed by atoms with Crippen molar-refractivity contribution >= 4 is 16.1 Å². The molecule has 2 amide bonds. The lowest BCUT2D eigenvalue weighted by molar-refractivity contribution is 0.245. The number of aryl methyl sites for hydroxylation is 1. The van der Waals surface area contributed by atoms with Gasteiger partial charge in [-0.05, 0) is 44.0 Å². The van der Waals surface area contributed by atoms with Crippen LogP contribution in [0.3, 0.4) is 0 Å². The molecule has 4 N–H and O–H groups in total. The minimum atomic E-state index is -3.81. The number of carbonyl (C=O) groups excluding carboxylic acids is 1. The summed E-state index contributed by atoms with van der Waals surface area (Å²) >= 11 is 0. The Balaban J connectivity index is 2.40. The van der Waals surface area contributed by atoms with Gasteiger partial charge in [-0.25, -0.2) is 17.9 Å². The number of sulfonamides is 1. The fourth-order valence-electron chi connectivity index (χ4n) is 1.82. The van der Waals surface area contributed by atoms with Crippen molar-refractivity contribution in [3.63, 3.8) is 0 Å². The van der Waals surface area contributed by atoms with Crippen LogP contribution in [0.15, 0.2) is 29.2 Å². The number of nitrogens with two attached hydrogens (primary N) is 1. The molecule has 0 bridgehead atoms. The molecule has 21 heavy (non-hydrogen) atoms. The Kier molecular flexibility index (Phi) is 7.18. The first-order valence-corrected chi connectivity index (χ1v) is 8.51. The molecule has 0 saturated heterocycles. The van der Waals surface area contributed by atoms with Gasteiger partial charge in [-0.3, -0.25) is 0 Å². The number of urea groups is 1. The first kappa shape index (κ1) is 17.5. The lowest BCUT2D eigenvalue weighted by atomic mass is 10.2. The molecule has 0 aliphatic heterocycles. The van der Waals surface area contributed by atoms with Gasteiger partial charge in [0.15, 0.2) is 0 Å². The molecule has 0 atom stereocenters. The zero-order valence-electron chi connectivity index (χ0n) is 12.3. The Labute approximate surface area is 126 Å².